The van der Waals surface area contributed by atoms with Crippen molar-refractivity contribution < 1.29 is 0 Å². The summed E-state index contributed by atoms with van der Waals surface area (Å²) in [7, 11) is 0. The summed E-state index contributed by atoms with van der Waals surface area (Å²) in [5.74, 6) is 1.93. The van der Waals surface area contributed by atoms with Gasteiger partial charge in [0.2, 0.25) is 0 Å². The summed E-state index contributed by atoms with van der Waals surface area (Å²) in [5.41, 5.74) is 17.7. The Morgan fingerprint density at radius 1 is 0.290 bits per heavy atom. The zero-order valence-electron chi connectivity index (χ0n) is 33.5. The average molecular weight is 806 g/mol. The molecule has 0 atom stereocenters. The van der Waals surface area contributed by atoms with Gasteiger partial charge in [-0.1, -0.05) is 194 Å². The van der Waals surface area contributed by atoms with Crippen LogP contribution < -0.4 is 0 Å². The molecule has 0 saturated carbocycles. The lowest BCUT2D eigenvalue weighted by Gasteiger charge is -2.30. The highest BCUT2D eigenvalue weighted by Crippen LogP contribution is 2.63. The number of thiophene rings is 1. The Balaban J connectivity index is 0.912. The van der Waals surface area contributed by atoms with E-state index in [0.29, 0.717) is 17.5 Å². The van der Waals surface area contributed by atoms with Crippen LogP contribution in [0.4, 0.5) is 0 Å². The van der Waals surface area contributed by atoms with Crippen LogP contribution in [0.5, 0.6) is 0 Å². The maximum Gasteiger partial charge on any atom is 0.164 e. The van der Waals surface area contributed by atoms with Gasteiger partial charge in [-0.3, -0.25) is 0 Å². The van der Waals surface area contributed by atoms with E-state index in [0.717, 1.165) is 27.8 Å². The largest absolute Gasteiger partial charge is 0.208 e. The molecular weight excluding hydrogens is 771 g/mol. The smallest absolute Gasteiger partial charge is 0.164 e. The number of nitrogens with zero attached hydrogens (tertiary/aromatic N) is 3. The quantitative estimate of drug-likeness (QED) is 0.174. The molecule has 0 radical (unpaired) electrons. The van der Waals surface area contributed by atoms with Gasteiger partial charge >= 0.3 is 0 Å². The third-order valence-corrected chi connectivity index (χ3v) is 14.2. The molecule has 11 aromatic rings. The third-order valence-electron chi connectivity index (χ3n) is 13.0. The molecule has 2 aliphatic rings. The lowest BCUT2D eigenvalue weighted by atomic mass is 9.70. The third kappa shape index (κ3) is 5.14. The Hall–Kier alpha value is -7.79. The molecule has 62 heavy (non-hydrogen) atoms. The predicted octanol–water partition coefficient (Wildman–Crippen LogP) is 14.9. The summed E-state index contributed by atoms with van der Waals surface area (Å²) in [4.78, 5) is 15.4. The molecule has 2 aromatic heterocycles. The first kappa shape index (κ1) is 35.0. The lowest BCUT2D eigenvalue weighted by Crippen LogP contribution is -2.25. The normalized spacial score (nSPS) is 13.0. The van der Waals surface area contributed by atoms with Gasteiger partial charge in [-0.25, -0.2) is 15.0 Å². The van der Waals surface area contributed by atoms with Gasteiger partial charge in [0.05, 0.1) is 5.41 Å². The van der Waals surface area contributed by atoms with E-state index in [2.05, 4.69) is 194 Å². The molecule has 0 N–H and O–H groups in total. The van der Waals surface area contributed by atoms with Crippen molar-refractivity contribution in [3.63, 3.8) is 0 Å². The molecule has 13 rings (SSSR count). The van der Waals surface area contributed by atoms with Crippen molar-refractivity contribution in [2.75, 3.05) is 0 Å². The van der Waals surface area contributed by atoms with Gasteiger partial charge in [0.25, 0.3) is 0 Å². The summed E-state index contributed by atoms with van der Waals surface area (Å²) < 4.78 is 2.58. The number of hydrogen-bond donors (Lipinski definition) is 0. The van der Waals surface area contributed by atoms with E-state index in [1.807, 2.05) is 29.5 Å². The average Bonchev–Trinajstić information content (AvgIpc) is 3.98. The van der Waals surface area contributed by atoms with Crippen molar-refractivity contribution in [2.45, 2.75) is 5.41 Å². The van der Waals surface area contributed by atoms with Crippen molar-refractivity contribution >= 4 is 31.5 Å². The predicted molar refractivity (Wildman–Crippen MR) is 256 cm³/mol. The Kier molecular flexibility index (Phi) is 7.69. The van der Waals surface area contributed by atoms with Crippen molar-refractivity contribution in [3.05, 3.63) is 235 Å². The van der Waals surface area contributed by atoms with Gasteiger partial charge in [0.1, 0.15) is 0 Å². The molecular formula is C58H35N3S. The van der Waals surface area contributed by atoms with E-state index in [-0.39, 0.29) is 5.41 Å². The Morgan fingerprint density at radius 3 is 1.45 bits per heavy atom. The first-order valence-electron chi connectivity index (χ1n) is 21.1. The van der Waals surface area contributed by atoms with Crippen LogP contribution in [0, 0.1) is 0 Å². The molecule has 4 heteroatoms. The first-order valence-corrected chi connectivity index (χ1v) is 21.9. The zero-order chi connectivity index (χ0) is 40.8. The van der Waals surface area contributed by atoms with E-state index in [1.54, 1.807) is 0 Å². The van der Waals surface area contributed by atoms with Crippen LogP contribution in [-0.2, 0) is 5.41 Å². The Labute approximate surface area is 363 Å². The fourth-order valence-electron chi connectivity index (χ4n) is 10.2. The summed E-state index contributed by atoms with van der Waals surface area (Å²) in [6, 6.07) is 76.8. The van der Waals surface area contributed by atoms with Gasteiger partial charge in [0, 0.05) is 36.9 Å². The van der Waals surface area contributed by atoms with Crippen molar-refractivity contribution in [2.24, 2.45) is 0 Å². The van der Waals surface area contributed by atoms with Gasteiger partial charge in [0.15, 0.2) is 17.5 Å². The Bertz CT molecular complexity index is 3520. The van der Waals surface area contributed by atoms with Gasteiger partial charge in [-0.2, -0.15) is 0 Å². The highest BCUT2D eigenvalue weighted by Gasteiger charge is 2.51. The maximum atomic E-state index is 5.18. The van der Waals surface area contributed by atoms with E-state index in [1.165, 1.54) is 75.8 Å². The molecule has 2 heterocycles. The second-order valence-corrected chi connectivity index (χ2v) is 17.3. The van der Waals surface area contributed by atoms with Crippen LogP contribution in [0.3, 0.4) is 0 Å². The number of fused-ring (bicyclic) bond motifs is 13. The summed E-state index contributed by atoms with van der Waals surface area (Å²) in [6.45, 7) is 0. The zero-order valence-corrected chi connectivity index (χ0v) is 34.3. The molecule has 0 unspecified atom stereocenters. The second kappa shape index (κ2) is 13.6. The molecule has 0 saturated heterocycles. The van der Waals surface area contributed by atoms with Crippen LogP contribution in [-0.4, -0.2) is 15.0 Å². The highest BCUT2D eigenvalue weighted by molar-refractivity contribution is 7.26. The first-order chi connectivity index (χ1) is 30.7. The van der Waals surface area contributed by atoms with Crippen LogP contribution in [0.15, 0.2) is 212 Å². The molecule has 3 nitrogen and oxygen atoms in total. The van der Waals surface area contributed by atoms with E-state index in [9.17, 15) is 0 Å². The van der Waals surface area contributed by atoms with Crippen molar-refractivity contribution in [1.82, 2.24) is 15.0 Å². The molecule has 1 spiro atoms. The van der Waals surface area contributed by atoms with Crippen LogP contribution in [0.25, 0.3) is 98.8 Å². The van der Waals surface area contributed by atoms with E-state index < -0.39 is 0 Å². The summed E-state index contributed by atoms with van der Waals surface area (Å²) in [5, 5.41) is 2.58. The SMILES string of the molecule is c1ccc(-c2nc(-c3ccc(-c4ccc5c(c4)C4(c6ccccc6-c6ccccc64)c4ccccc4-5)cc3)nc(-c3cccc(-c4cccc5c4sc4ccccc45)c3)n2)cc1. The fraction of sp³-hybridized carbons (Fsp3) is 0.0172. The van der Waals surface area contributed by atoms with Gasteiger partial charge in [-0.05, 0) is 85.0 Å². The minimum absolute atomic E-state index is 0.383. The number of hydrogen-bond acceptors (Lipinski definition) is 4. The van der Waals surface area contributed by atoms with E-state index >= 15 is 0 Å². The fourth-order valence-corrected chi connectivity index (χ4v) is 11.5. The molecule has 0 aliphatic heterocycles. The Morgan fingerprint density at radius 2 is 0.758 bits per heavy atom. The van der Waals surface area contributed by atoms with Crippen molar-refractivity contribution in [1.29, 1.82) is 0 Å². The highest BCUT2D eigenvalue weighted by atomic mass is 32.1. The van der Waals surface area contributed by atoms with Crippen LogP contribution >= 0.6 is 11.3 Å². The van der Waals surface area contributed by atoms with E-state index in [4.69, 9.17) is 15.0 Å². The number of rotatable bonds is 5. The summed E-state index contributed by atoms with van der Waals surface area (Å²) >= 11 is 1.84. The topological polar surface area (TPSA) is 38.7 Å². The van der Waals surface area contributed by atoms with Gasteiger partial charge < -0.3 is 0 Å². The minimum Gasteiger partial charge on any atom is -0.208 e. The molecule has 9 aromatic carbocycles. The van der Waals surface area contributed by atoms with Crippen molar-refractivity contribution in [3.8, 4) is 78.7 Å². The molecule has 288 valence electrons. The molecule has 0 fully saturated rings. The summed E-state index contributed by atoms with van der Waals surface area (Å²) in [6.07, 6.45) is 0. The second-order valence-electron chi connectivity index (χ2n) is 16.3. The standard InChI is InChI=1S/C58H35N3S/c1-2-14-37(15-3-1)55-59-56(61-57(60-55)41-17-12-16-40(34-41)42-22-13-23-48-47-21-7-11-27-53(47)62-54(42)48)38-30-28-36(29-31-38)39-32-33-46-45-20-6-10-26-51(45)58(52(46)35-39)49-24-8-4-18-43(49)44-19-5-9-25-50(44)58/h1-35H. The van der Waals surface area contributed by atoms with Gasteiger partial charge in [-0.15, -0.1) is 11.3 Å². The van der Waals surface area contributed by atoms with Crippen LogP contribution in [0.2, 0.25) is 0 Å². The minimum atomic E-state index is -0.383. The van der Waals surface area contributed by atoms with Crippen LogP contribution in [0.1, 0.15) is 22.3 Å². The number of benzene rings is 9. The molecule has 2 aliphatic carbocycles. The maximum absolute atomic E-state index is 5.18. The monoisotopic (exact) mass is 805 g/mol. The number of aromatic nitrogens is 3. The molecule has 0 amide bonds. The molecule has 0 bridgehead atoms. The lowest BCUT2D eigenvalue weighted by molar-refractivity contribution is 0.794.